The van der Waals surface area contributed by atoms with Crippen molar-refractivity contribution in [3.63, 3.8) is 0 Å². The first-order valence-electron chi connectivity index (χ1n) is 10.6. The molecule has 0 fully saturated rings. The van der Waals surface area contributed by atoms with E-state index in [9.17, 15) is 4.79 Å². The van der Waals surface area contributed by atoms with Crippen LogP contribution in [0.5, 0.6) is 11.5 Å². The van der Waals surface area contributed by atoms with Gasteiger partial charge in [-0.1, -0.05) is 31.8 Å². The van der Waals surface area contributed by atoms with E-state index in [1.165, 1.54) is 6.07 Å². The van der Waals surface area contributed by atoms with Gasteiger partial charge >= 0.3 is 0 Å². The van der Waals surface area contributed by atoms with Gasteiger partial charge in [0.15, 0.2) is 5.43 Å². The summed E-state index contributed by atoms with van der Waals surface area (Å²) < 4.78 is 17.9. The summed E-state index contributed by atoms with van der Waals surface area (Å²) in [5, 5.41) is 9.22. The lowest BCUT2D eigenvalue weighted by molar-refractivity contribution is 0.300. The number of fused-ring (bicyclic) bond motifs is 2. The van der Waals surface area contributed by atoms with E-state index in [1.807, 2.05) is 32.1 Å². The number of pyridine rings is 1. The van der Waals surface area contributed by atoms with E-state index in [0.29, 0.717) is 22.5 Å². The minimum absolute atomic E-state index is 0.0511. The Morgan fingerprint density at radius 1 is 1.19 bits per heavy atom. The molecule has 6 nitrogen and oxygen atoms in total. The third-order valence-corrected chi connectivity index (χ3v) is 5.22. The Bertz CT molecular complexity index is 1280. The summed E-state index contributed by atoms with van der Waals surface area (Å²) in [6, 6.07) is 6.98. The summed E-state index contributed by atoms with van der Waals surface area (Å²) in [6.07, 6.45) is 7.72. The molecule has 0 spiro atoms. The molecule has 3 aromatic rings. The van der Waals surface area contributed by atoms with E-state index in [2.05, 4.69) is 22.9 Å². The van der Waals surface area contributed by atoms with Crippen LogP contribution in [0.15, 0.2) is 45.8 Å². The molecule has 0 saturated heterocycles. The fourth-order valence-corrected chi connectivity index (χ4v) is 3.63. The van der Waals surface area contributed by atoms with Crippen LogP contribution in [0.25, 0.3) is 17.0 Å². The molecule has 164 valence electrons. The minimum atomic E-state index is -0.247. The fourth-order valence-electron chi connectivity index (χ4n) is 3.63. The van der Waals surface area contributed by atoms with Crippen molar-refractivity contribution in [1.29, 1.82) is 0 Å². The summed E-state index contributed by atoms with van der Waals surface area (Å²) in [5.41, 5.74) is 3.13. The molecule has 1 aromatic carbocycles. The molecule has 0 radical (unpaired) electrons. The van der Waals surface area contributed by atoms with Crippen molar-refractivity contribution in [2.75, 3.05) is 13.2 Å². The number of hydrogen-bond acceptors (Lipinski definition) is 6. The predicted molar refractivity (Wildman–Crippen MR) is 123 cm³/mol. The first kappa shape index (κ1) is 21.7. The second-order valence-electron chi connectivity index (χ2n) is 7.84. The van der Waals surface area contributed by atoms with Crippen LogP contribution in [0.1, 0.15) is 48.8 Å². The molecule has 0 bridgehead atoms. The smallest absolute Gasteiger partial charge is 0.196 e. The normalized spacial score (nSPS) is 12.4. The van der Waals surface area contributed by atoms with Crippen molar-refractivity contribution in [3.8, 4) is 23.3 Å². The molecular weight excluding hydrogens is 406 g/mol. The van der Waals surface area contributed by atoms with Crippen LogP contribution in [0.3, 0.4) is 0 Å². The van der Waals surface area contributed by atoms with E-state index < -0.39 is 0 Å². The average molecular weight is 431 g/mol. The van der Waals surface area contributed by atoms with Crippen molar-refractivity contribution >= 4 is 17.0 Å². The van der Waals surface area contributed by atoms with Gasteiger partial charge in [-0.2, -0.15) is 0 Å². The highest BCUT2D eigenvalue weighted by Gasteiger charge is 2.16. The first-order valence-corrected chi connectivity index (χ1v) is 10.6. The van der Waals surface area contributed by atoms with Crippen molar-refractivity contribution in [2.24, 2.45) is 0 Å². The number of allylic oxidation sites excluding steroid dienone is 1. The molecule has 0 aliphatic heterocycles. The lowest BCUT2D eigenvalue weighted by Gasteiger charge is -2.16. The van der Waals surface area contributed by atoms with Crippen molar-refractivity contribution in [3.05, 3.63) is 69.3 Å². The van der Waals surface area contributed by atoms with Gasteiger partial charge < -0.3 is 19.0 Å². The van der Waals surface area contributed by atoms with Gasteiger partial charge in [0.25, 0.3) is 0 Å². The second kappa shape index (κ2) is 9.71. The zero-order valence-corrected chi connectivity index (χ0v) is 18.2. The highest BCUT2D eigenvalue weighted by Crippen LogP contribution is 2.30. The number of rotatable bonds is 6. The van der Waals surface area contributed by atoms with E-state index in [0.717, 1.165) is 35.4 Å². The number of nitrogens with zero attached hydrogens (tertiary/aromatic N) is 1. The van der Waals surface area contributed by atoms with Crippen LogP contribution < -0.4 is 14.9 Å². The number of benzene rings is 1. The molecule has 0 saturated carbocycles. The Kier molecular flexibility index (Phi) is 6.58. The van der Waals surface area contributed by atoms with Crippen LogP contribution in [-0.4, -0.2) is 23.3 Å². The van der Waals surface area contributed by atoms with Crippen LogP contribution in [0.2, 0.25) is 0 Å². The Hall–Kier alpha value is -3.56. The summed E-state index contributed by atoms with van der Waals surface area (Å²) in [5.74, 6) is 7.12. The molecule has 6 heteroatoms. The predicted octanol–water partition coefficient (Wildman–Crippen LogP) is 4.22. The monoisotopic (exact) mass is 431 g/mol. The molecule has 2 aromatic heterocycles. The van der Waals surface area contributed by atoms with Gasteiger partial charge in [0.2, 0.25) is 0 Å². The Morgan fingerprint density at radius 3 is 2.88 bits per heavy atom. The number of aliphatic hydroxyl groups is 1. The zero-order chi connectivity index (χ0) is 22.5. The van der Waals surface area contributed by atoms with Gasteiger partial charge in [-0.15, -0.1) is 0 Å². The third-order valence-electron chi connectivity index (χ3n) is 5.22. The maximum absolute atomic E-state index is 12.8. The van der Waals surface area contributed by atoms with E-state index >= 15 is 0 Å². The van der Waals surface area contributed by atoms with Gasteiger partial charge in [0, 0.05) is 23.7 Å². The average Bonchev–Trinajstić information content (AvgIpc) is 2.80. The van der Waals surface area contributed by atoms with E-state index in [4.69, 9.17) is 19.0 Å². The highest BCUT2D eigenvalue weighted by atomic mass is 16.5. The molecule has 0 atom stereocenters. The molecule has 1 aliphatic rings. The highest BCUT2D eigenvalue weighted by molar-refractivity contribution is 5.84. The van der Waals surface area contributed by atoms with Crippen LogP contribution in [-0.2, 0) is 13.0 Å². The SMILES string of the molecule is CC(C)c1cc(=O)c2c(OCC#CCO)cc(COc3ccnc4c3CCC=C4)cc2o1. The quantitative estimate of drug-likeness (QED) is 0.589. The summed E-state index contributed by atoms with van der Waals surface area (Å²) >= 11 is 0. The Labute approximate surface area is 186 Å². The van der Waals surface area contributed by atoms with Crippen LogP contribution >= 0.6 is 0 Å². The molecule has 0 amide bonds. The standard InChI is InChI=1S/C26H25NO5/c1-17(2)23-15-21(29)26-24(30-12-6-5-11-28)13-18(14-25(26)32-23)16-31-22-9-10-27-20-8-4-3-7-19(20)22/h4,8-10,13-15,17,28H,3,7,11-12,16H2,1-2H3. The van der Waals surface area contributed by atoms with Crippen molar-refractivity contribution in [2.45, 2.75) is 39.2 Å². The summed E-state index contributed by atoms with van der Waals surface area (Å²) in [6.45, 7) is 4.03. The number of aliphatic hydroxyl groups excluding tert-OH is 1. The Balaban J connectivity index is 1.69. The summed E-state index contributed by atoms with van der Waals surface area (Å²) in [7, 11) is 0. The van der Waals surface area contributed by atoms with Gasteiger partial charge in [0.05, 0.1) is 5.69 Å². The Morgan fingerprint density at radius 2 is 2.06 bits per heavy atom. The topological polar surface area (TPSA) is 81.8 Å². The molecule has 32 heavy (non-hydrogen) atoms. The van der Waals surface area contributed by atoms with Crippen molar-refractivity contribution in [1.82, 2.24) is 4.98 Å². The molecule has 1 aliphatic carbocycles. The number of ether oxygens (including phenoxy) is 2. The maximum atomic E-state index is 12.8. The van der Waals surface area contributed by atoms with Gasteiger partial charge in [-0.25, -0.2) is 0 Å². The van der Waals surface area contributed by atoms with Crippen LogP contribution in [0.4, 0.5) is 0 Å². The van der Waals surface area contributed by atoms with Crippen molar-refractivity contribution < 1.29 is 19.0 Å². The first-order chi connectivity index (χ1) is 15.6. The molecule has 0 unspecified atom stereocenters. The second-order valence-corrected chi connectivity index (χ2v) is 7.84. The van der Waals surface area contributed by atoms with Crippen LogP contribution in [0, 0.1) is 11.8 Å². The van der Waals surface area contributed by atoms with Gasteiger partial charge in [0.1, 0.15) is 48.0 Å². The largest absolute Gasteiger partial charge is 0.488 e. The molecule has 4 rings (SSSR count). The molecule has 2 heterocycles. The fraction of sp³-hybridized carbons (Fsp3) is 0.308. The van der Waals surface area contributed by atoms with Gasteiger partial charge in [-0.05, 0) is 42.7 Å². The molecular formula is C26H25NO5. The summed E-state index contributed by atoms with van der Waals surface area (Å²) in [4.78, 5) is 17.2. The maximum Gasteiger partial charge on any atom is 0.196 e. The molecule has 1 N–H and O–H groups in total. The minimum Gasteiger partial charge on any atom is -0.488 e. The lowest BCUT2D eigenvalue weighted by atomic mass is 10.0. The number of aromatic nitrogens is 1. The number of hydrogen-bond donors (Lipinski definition) is 1. The zero-order valence-electron chi connectivity index (χ0n) is 18.2. The van der Waals surface area contributed by atoms with E-state index in [-0.39, 0.29) is 31.2 Å². The van der Waals surface area contributed by atoms with Gasteiger partial charge in [-0.3, -0.25) is 9.78 Å². The lowest BCUT2D eigenvalue weighted by Crippen LogP contribution is -2.08. The van der Waals surface area contributed by atoms with E-state index in [1.54, 1.807) is 12.3 Å². The third kappa shape index (κ3) is 4.68.